The van der Waals surface area contributed by atoms with Gasteiger partial charge in [0, 0.05) is 78.6 Å². The van der Waals surface area contributed by atoms with Gasteiger partial charge in [0.1, 0.15) is 23.0 Å². The van der Waals surface area contributed by atoms with E-state index in [4.69, 9.17) is 29.4 Å². The van der Waals surface area contributed by atoms with Crippen molar-refractivity contribution in [3.63, 3.8) is 0 Å². The highest BCUT2D eigenvalue weighted by atomic mass is 16.5. The van der Waals surface area contributed by atoms with Crippen molar-refractivity contribution in [1.82, 2.24) is 19.9 Å². The summed E-state index contributed by atoms with van der Waals surface area (Å²) in [5, 5.41) is 0. The Bertz CT molecular complexity index is 6290. The largest absolute Gasteiger partial charge is 0.456 e. The zero-order valence-electron chi connectivity index (χ0n) is 57.6. The van der Waals surface area contributed by atoms with E-state index in [0.717, 1.165) is 135 Å². The minimum absolute atomic E-state index is 0.181. The molecule has 2 aromatic heterocycles. The molecule has 2 aliphatic heterocycles. The first-order chi connectivity index (χ1) is 52.5. The molecule has 4 unspecified atom stereocenters. The van der Waals surface area contributed by atoms with Crippen LogP contribution in [0, 0.1) is 5.92 Å². The second kappa shape index (κ2) is 24.5. The highest BCUT2D eigenvalue weighted by molar-refractivity contribution is 5.98. The molecule has 0 N–H and O–H groups in total. The Balaban J connectivity index is 0.650. The van der Waals surface area contributed by atoms with Gasteiger partial charge in [0.05, 0.1) is 33.6 Å². The fourth-order valence-corrected chi connectivity index (χ4v) is 18.0. The first-order valence-corrected chi connectivity index (χ1v) is 36.4. The molecule has 2 spiro atoms. The Morgan fingerprint density at radius 1 is 0.245 bits per heavy atom. The number of benzene rings is 14. The van der Waals surface area contributed by atoms with Crippen LogP contribution in [-0.4, -0.2) is 19.9 Å². The summed E-state index contributed by atoms with van der Waals surface area (Å²) >= 11 is 0. The molecule has 3 aliphatic carbocycles. The van der Waals surface area contributed by atoms with Crippen LogP contribution in [0.5, 0.6) is 23.0 Å². The van der Waals surface area contributed by atoms with Crippen molar-refractivity contribution < 1.29 is 9.47 Å². The first kappa shape index (κ1) is 61.0. The monoisotopic (exact) mass is 1350 g/mol. The Labute approximate surface area is 615 Å². The summed E-state index contributed by atoms with van der Waals surface area (Å²) in [6.45, 7) is 0. The van der Waals surface area contributed by atoms with Gasteiger partial charge < -0.3 is 9.47 Å². The second-order valence-corrected chi connectivity index (χ2v) is 28.1. The molecule has 496 valence electrons. The maximum absolute atomic E-state index is 7.29. The van der Waals surface area contributed by atoms with Gasteiger partial charge >= 0.3 is 0 Å². The van der Waals surface area contributed by atoms with E-state index in [0.29, 0.717) is 11.6 Å². The van der Waals surface area contributed by atoms with E-state index < -0.39 is 10.8 Å². The van der Waals surface area contributed by atoms with Crippen LogP contribution in [-0.2, 0) is 10.8 Å². The maximum atomic E-state index is 7.29. The van der Waals surface area contributed by atoms with Gasteiger partial charge in [-0.1, -0.05) is 346 Å². The van der Waals surface area contributed by atoms with E-state index in [2.05, 4.69) is 352 Å². The predicted molar refractivity (Wildman–Crippen MR) is 427 cm³/mol. The Hall–Kier alpha value is -13.7. The lowest BCUT2D eigenvalue weighted by atomic mass is 9.61. The average molecular weight is 1350 g/mol. The number of aromatic nitrogens is 4. The summed E-state index contributed by atoms with van der Waals surface area (Å²) < 4.78 is 14.4. The number of hydrogen-bond donors (Lipinski definition) is 0. The highest BCUT2D eigenvalue weighted by Gasteiger charge is 2.57. The van der Waals surface area contributed by atoms with Crippen molar-refractivity contribution in [2.24, 2.45) is 5.92 Å². The number of para-hydroxylation sites is 4. The van der Waals surface area contributed by atoms with Gasteiger partial charge in [-0.15, -0.1) is 0 Å². The number of ether oxygens (including phenoxy) is 2. The van der Waals surface area contributed by atoms with Crippen molar-refractivity contribution in [1.29, 1.82) is 0 Å². The SMILES string of the molecule is C1=CC2c3ccccc3C3(c4ccccc4Oc4c(-c5ccc(-c6cc(-c7cccc(-c8cccc9c8-c8ccccc8C98c9ccccc9Oc9c(-c%10ccc(-c%11cc(-c%12ccccc%12-c%12ccccc%12)nc(-c%12ccccc%12)n%11)cc%10)cccc98)c7)nc(-c7ccccc7)n6)cc5)cccc43)C2C=C1. The normalized spacial score (nSPS) is 17.0. The van der Waals surface area contributed by atoms with E-state index in [1.807, 2.05) is 24.3 Å². The Kier molecular flexibility index (Phi) is 14.1. The van der Waals surface area contributed by atoms with Gasteiger partial charge in [-0.05, 0) is 97.1 Å². The van der Waals surface area contributed by atoms with Crippen LogP contribution < -0.4 is 9.47 Å². The first-order valence-electron chi connectivity index (χ1n) is 36.4. The summed E-state index contributed by atoms with van der Waals surface area (Å²) in [6, 6.07) is 126. The number of allylic oxidation sites excluding steroid dienone is 4. The maximum Gasteiger partial charge on any atom is 0.160 e. The molecular weight excluding hydrogens is 1290 g/mol. The number of nitrogens with zero attached hydrogens (tertiary/aromatic N) is 4. The number of rotatable bonds is 10. The van der Waals surface area contributed by atoms with Crippen LogP contribution in [0.3, 0.4) is 0 Å². The molecule has 6 nitrogen and oxygen atoms in total. The molecule has 4 heterocycles. The molecule has 0 radical (unpaired) electrons. The molecular formula is C100H64N4O2. The van der Waals surface area contributed by atoms with Gasteiger partial charge in [0.25, 0.3) is 0 Å². The van der Waals surface area contributed by atoms with Gasteiger partial charge in [0.2, 0.25) is 0 Å². The molecule has 21 rings (SSSR count). The molecule has 0 saturated carbocycles. The smallest absolute Gasteiger partial charge is 0.160 e. The van der Waals surface area contributed by atoms with E-state index in [9.17, 15) is 0 Å². The Morgan fingerprint density at radius 3 is 1.32 bits per heavy atom. The fraction of sp³-hybridized carbons (Fsp3) is 0.0400. The van der Waals surface area contributed by atoms with Crippen molar-refractivity contribution in [2.75, 3.05) is 0 Å². The molecule has 0 fully saturated rings. The Morgan fingerprint density at radius 2 is 0.660 bits per heavy atom. The number of fused-ring (bicyclic) bond motifs is 18. The third-order valence-electron chi connectivity index (χ3n) is 22.6. The van der Waals surface area contributed by atoms with Crippen molar-refractivity contribution in [3.8, 4) is 146 Å². The highest BCUT2D eigenvalue weighted by Crippen LogP contribution is 2.67. The average Bonchev–Trinajstić information content (AvgIpc) is 1.50. The lowest BCUT2D eigenvalue weighted by Crippen LogP contribution is -2.37. The van der Waals surface area contributed by atoms with Crippen molar-refractivity contribution in [2.45, 2.75) is 16.7 Å². The standard InChI is InChI=1S/C100H64N4O2/c1-4-26-63(27-5-1)72-34-10-11-37-78(72)91-62-89(102-98(104-91)69-30-8-3-9-31-69)67-58-54-65(55-59-67)75-41-25-49-87-96(75)106-93-51-21-19-46-84(93)100(87)82-44-17-14-38-79(82)94-73(39-23-47-85(94)100)70-32-22-33-71(60-70)90-61-88(101-97(103-90)68-28-6-2-7-29-68)66-56-52-64(53-57-66)74-40-24-48-86-95(74)105-92-50-20-18-45-83(92)99(86)80-42-15-12-35-76(80)77-36-13-16-43-81(77)99/h1-62,76,80H. The molecule has 0 bridgehead atoms. The number of hydrogen-bond acceptors (Lipinski definition) is 6. The molecule has 106 heavy (non-hydrogen) atoms. The molecule has 0 amide bonds. The van der Waals surface area contributed by atoms with Crippen LogP contribution in [0.15, 0.2) is 376 Å². The van der Waals surface area contributed by atoms with Gasteiger partial charge in [-0.3, -0.25) is 0 Å². The van der Waals surface area contributed by atoms with Crippen molar-refractivity contribution in [3.05, 3.63) is 421 Å². The minimum Gasteiger partial charge on any atom is -0.456 e. The summed E-state index contributed by atoms with van der Waals surface area (Å²) in [5.74, 6) is 5.20. The molecule has 4 atom stereocenters. The molecule has 14 aromatic carbocycles. The molecule has 6 heteroatoms. The van der Waals surface area contributed by atoms with Crippen molar-refractivity contribution >= 4 is 0 Å². The van der Waals surface area contributed by atoms with Crippen LogP contribution in [0.2, 0.25) is 0 Å². The summed E-state index contributed by atoms with van der Waals surface area (Å²) in [5.41, 5.74) is 28.7. The zero-order valence-corrected chi connectivity index (χ0v) is 57.6. The minimum atomic E-state index is -0.737. The third kappa shape index (κ3) is 9.44. The lowest BCUT2D eigenvalue weighted by molar-refractivity contribution is 0.375. The summed E-state index contributed by atoms with van der Waals surface area (Å²) in [7, 11) is 0. The van der Waals surface area contributed by atoms with E-state index >= 15 is 0 Å². The molecule has 0 saturated heterocycles. The van der Waals surface area contributed by atoms with Gasteiger partial charge in [0.15, 0.2) is 11.6 Å². The fourth-order valence-electron chi connectivity index (χ4n) is 18.0. The predicted octanol–water partition coefficient (Wildman–Crippen LogP) is 24.7. The van der Waals surface area contributed by atoms with E-state index in [-0.39, 0.29) is 11.8 Å². The third-order valence-corrected chi connectivity index (χ3v) is 22.6. The van der Waals surface area contributed by atoms with E-state index in [1.165, 1.54) is 44.5 Å². The zero-order chi connectivity index (χ0) is 69.9. The van der Waals surface area contributed by atoms with Crippen LogP contribution >= 0.6 is 0 Å². The topological polar surface area (TPSA) is 70.0 Å². The van der Waals surface area contributed by atoms with Crippen LogP contribution in [0.4, 0.5) is 0 Å². The van der Waals surface area contributed by atoms with Crippen LogP contribution in [0.25, 0.3) is 123 Å². The van der Waals surface area contributed by atoms with Gasteiger partial charge in [-0.2, -0.15) is 0 Å². The summed E-state index contributed by atoms with van der Waals surface area (Å²) in [6.07, 6.45) is 9.24. The lowest BCUT2D eigenvalue weighted by Gasteiger charge is -2.43. The van der Waals surface area contributed by atoms with E-state index in [1.54, 1.807) is 0 Å². The summed E-state index contributed by atoms with van der Waals surface area (Å²) in [4.78, 5) is 21.3. The molecule has 16 aromatic rings. The quantitative estimate of drug-likeness (QED) is 0.136. The molecule has 5 aliphatic rings. The van der Waals surface area contributed by atoms with Gasteiger partial charge in [-0.25, -0.2) is 19.9 Å². The van der Waals surface area contributed by atoms with Crippen LogP contribution in [0.1, 0.15) is 50.4 Å². The second-order valence-electron chi connectivity index (χ2n) is 28.1.